The third kappa shape index (κ3) is 4.64. The quantitative estimate of drug-likeness (QED) is 0.759. The Hall–Kier alpha value is -0.830. The Morgan fingerprint density at radius 1 is 1.26 bits per heavy atom. The van der Waals surface area contributed by atoms with E-state index in [1.54, 1.807) is 0 Å². The molecular formula is C16H28N2O. The summed E-state index contributed by atoms with van der Waals surface area (Å²) < 4.78 is 5.93. The molecule has 1 heterocycles. The first-order valence-electron chi connectivity index (χ1n) is 7.95. The van der Waals surface area contributed by atoms with Crippen LogP contribution in [-0.4, -0.2) is 18.1 Å². The SMILES string of the molecule is CCCNCCCc1ncc(C2CCC(C)CC2)o1. The fourth-order valence-corrected chi connectivity index (χ4v) is 2.84. The van der Waals surface area contributed by atoms with Crippen molar-refractivity contribution in [2.75, 3.05) is 13.1 Å². The zero-order valence-electron chi connectivity index (χ0n) is 12.5. The predicted octanol–water partition coefficient (Wildman–Crippen LogP) is 3.90. The molecule has 1 saturated carbocycles. The highest BCUT2D eigenvalue weighted by atomic mass is 16.4. The van der Waals surface area contributed by atoms with E-state index in [-0.39, 0.29) is 0 Å². The van der Waals surface area contributed by atoms with E-state index in [2.05, 4.69) is 24.1 Å². The van der Waals surface area contributed by atoms with Crippen molar-refractivity contribution >= 4 is 0 Å². The Morgan fingerprint density at radius 3 is 2.79 bits per heavy atom. The van der Waals surface area contributed by atoms with Crippen molar-refractivity contribution in [1.82, 2.24) is 10.3 Å². The molecule has 1 aliphatic rings. The maximum atomic E-state index is 5.93. The summed E-state index contributed by atoms with van der Waals surface area (Å²) in [6.07, 6.45) is 10.4. The molecule has 0 radical (unpaired) electrons. The van der Waals surface area contributed by atoms with E-state index >= 15 is 0 Å². The van der Waals surface area contributed by atoms with Crippen molar-refractivity contribution in [3.05, 3.63) is 17.8 Å². The molecule has 0 saturated heterocycles. The van der Waals surface area contributed by atoms with Crippen molar-refractivity contribution in [3.63, 3.8) is 0 Å². The third-order valence-electron chi connectivity index (χ3n) is 4.16. The number of hydrogen-bond donors (Lipinski definition) is 1. The molecule has 1 fully saturated rings. The lowest BCUT2D eigenvalue weighted by molar-refractivity contribution is 0.308. The zero-order chi connectivity index (χ0) is 13.5. The second-order valence-electron chi connectivity index (χ2n) is 5.97. The van der Waals surface area contributed by atoms with Crippen LogP contribution in [0, 0.1) is 5.92 Å². The Balaban J connectivity index is 1.72. The standard InChI is InChI=1S/C16H28N2O/c1-3-10-17-11-4-5-16-18-12-15(19-16)14-8-6-13(2)7-9-14/h12-14,17H,3-11H2,1-2H3. The zero-order valence-corrected chi connectivity index (χ0v) is 12.5. The van der Waals surface area contributed by atoms with Gasteiger partial charge in [0, 0.05) is 12.3 Å². The molecular weight excluding hydrogens is 236 g/mol. The van der Waals surface area contributed by atoms with Gasteiger partial charge in [-0.2, -0.15) is 0 Å². The first kappa shape index (κ1) is 14.6. The van der Waals surface area contributed by atoms with Gasteiger partial charge in [-0.1, -0.05) is 26.7 Å². The van der Waals surface area contributed by atoms with Gasteiger partial charge in [-0.05, 0) is 44.7 Å². The number of oxazole rings is 1. The minimum absolute atomic E-state index is 0.621. The molecule has 0 aliphatic heterocycles. The van der Waals surface area contributed by atoms with Gasteiger partial charge in [-0.3, -0.25) is 0 Å². The first-order chi connectivity index (χ1) is 9.29. The van der Waals surface area contributed by atoms with E-state index in [0.29, 0.717) is 5.92 Å². The Labute approximate surface area is 117 Å². The van der Waals surface area contributed by atoms with Gasteiger partial charge < -0.3 is 9.73 Å². The summed E-state index contributed by atoms with van der Waals surface area (Å²) in [5.74, 6) is 3.56. The number of hydrogen-bond acceptors (Lipinski definition) is 3. The summed E-state index contributed by atoms with van der Waals surface area (Å²) in [7, 11) is 0. The topological polar surface area (TPSA) is 38.1 Å². The summed E-state index contributed by atoms with van der Waals surface area (Å²) in [4.78, 5) is 4.43. The maximum absolute atomic E-state index is 5.93. The lowest BCUT2D eigenvalue weighted by Crippen LogP contribution is -2.16. The summed E-state index contributed by atoms with van der Waals surface area (Å²) in [5.41, 5.74) is 0. The van der Waals surface area contributed by atoms with Gasteiger partial charge >= 0.3 is 0 Å². The second-order valence-corrected chi connectivity index (χ2v) is 5.97. The van der Waals surface area contributed by atoms with Crippen molar-refractivity contribution in [3.8, 4) is 0 Å². The minimum Gasteiger partial charge on any atom is -0.445 e. The largest absolute Gasteiger partial charge is 0.445 e. The van der Waals surface area contributed by atoms with Gasteiger partial charge in [0.2, 0.25) is 0 Å². The van der Waals surface area contributed by atoms with Crippen LogP contribution in [0.4, 0.5) is 0 Å². The number of aryl methyl sites for hydroxylation is 1. The van der Waals surface area contributed by atoms with Crippen LogP contribution >= 0.6 is 0 Å². The Bertz CT molecular complexity index is 353. The van der Waals surface area contributed by atoms with E-state index in [4.69, 9.17) is 4.42 Å². The average molecular weight is 264 g/mol. The van der Waals surface area contributed by atoms with Crippen LogP contribution in [0.3, 0.4) is 0 Å². The molecule has 0 spiro atoms. The molecule has 1 aromatic heterocycles. The molecule has 0 bridgehead atoms. The van der Waals surface area contributed by atoms with E-state index in [0.717, 1.165) is 43.5 Å². The molecule has 0 unspecified atom stereocenters. The van der Waals surface area contributed by atoms with Gasteiger partial charge in [-0.15, -0.1) is 0 Å². The van der Waals surface area contributed by atoms with Gasteiger partial charge in [0.1, 0.15) is 5.76 Å². The molecule has 3 heteroatoms. The predicted molar refractivity (Wildman–Crippen MR) is 78.4 cm³/mol. The molecule has 108 valence electrons. The highest BCUT2D eigenvalue weighted by Crippen LogP contribution is 2.35. The number of nitrogens with zero attached hydrogens (tertiary/aromatic N) is 1. The summed E-state index contributed by atoms with van der Waals surface area (Å²) in [6, 6.07) is 0. The number of aromatic nitrogens is 1. The third-order valence-corrected chi connectivity index (χ3v) is 4.16. The van der Waals surface area contributed by atoms with Gasteiger partial charge in [0.15, 0.2) is 5.89 Å². The van der Waals surface area contributed by atoms with E-state index in [9.17, 15) is 0 Å². The fourth-order valence-electron chi connectivity index (χ4n) is 2.84. The lowest BCUT2D eigenvalue weighted by Gasteiger charge is -2.24. The molecule has 0 aromatic carbocycles. The minimum atomic E-state index is 0.621. The monoisotopic (exact) mass is 264 g/mol. The van der Waals surface area contributed by atoms with Crippen LogP contribution in [0.5, 0.6) is 0 Å². The van der Waals surface area contributed by atoms with Crippen LogP contribution in [0.2, 0.25) is 0 Å². The van der Waals surface area contributed by atoms with Crippen LogP contribution in [0.15, 0.2) is 10.6 Å². The van der Waals surface area contributed by atoms with Crippen LogP contribution in [-0.2, 0) is 6.42 Å². The first-order valence-corrected chi connectivity index (χ1v) is 7.95. The molecule has 0 amide bonds. The highest BCUT2D eigenvalue weighted by Gasteiger charge is 2.22. The van der Waals surface area contributed by atoms with Crippen molar-refractivity contribution < 1.29 is 4.42 Å². The van der Waals surface area contributed by atoms with Crippen molar-refractivity contribution in [1.29, 1.82) is 0 Å². The highest BCUT2D eigenvalue weighted by molar-refractivity contribution is 5.03. The smallest absolute Gasteiger partial charge is 0.194 e. The van der Waals surface area contributed by atoms with E-state index < -0.39 is 0 Å². The average Bonchev–Trinajstić information content (AvgIpc) is 2.88. The lowest BCUT2D eigenvalue weighted by atomic mass is 9.82. The van der Waals surface area contributed by atoms with Crippen molar-refractivity contribution in [2.24, 2.45) is 5.92 Å². The number of nitrogens with one attached hydrogen (secondary N) is 1. The summed E-state index contributed by atoms with van der Waals surface area (Å²) in [5, 5.41) is 3.41. The normalized spacial score (nSPS) is 23.7. The van der Waals surface area contributed by atoms with Crippen molar-refractivity contribution in [2.45, 2.75) is 64.7 Å². The second kappa shape index (κ2) is 7.68. The van der Waals surface area contributed by atoms with E-state index in [1.165, 1.54) is 32.1 Å². The van der Waals surface area contributed by atoms with Gasteiger partial charge in [-0.25, -0.2) is 4.98 Å². The molecule has 1 N–H and O–H groups in total. The van der Waals surface area contributed by atoms with Gasteiger partial charge in [0.25, 0.3) is 0 Å². The molecule has 2 rings (SSSR count). The Kier molecular flexibility index (Phi) is 5.90. The molecule has 0 atom stereocenters. The fraction of sp³-hybridized carbons (Fsp3) is 0.812. The number of rotatable bonds is 7. The molecule has 3 nitrogen and oxygen atoms in total. The van der Waals surface area contributed by atoms with Crippen LogP contribution in [0.1, 0.15) is 69.9 Å². The molecule has 1 aliphatic carbocycles. The van der Waals surface area contributed by atoms with Crippen LogP contribution < -0.4 is 5.32 Å². The maximum Gasteiger partial charge on any atom is 0.194 e. The van der Waals surface area contributed by atoms with Crippen LogP contribution in [0.25, 0.3) is 0 Å². The molecule has 1 aromatic rings. The Morgan fingerprint density at radius 2 is 2.05 bits per heavy atom. The summed E-state index contributed by atoms with van der Waals surface area (Å²) >= 11 is 0. The van der Waals surface area contributed by atoms with E-state index in [1.807, 2.05) is 6.20 Å². The summed E-state index contributed by atoms with van der Waals surface area (Å²) in [6.45, 7) is 6.72. The molecule has 19 heavy (non-hydrogen) atoms. The van der Waals surface area contributed by atoms with Gasteiger partial charge in [0.05, 0.1) is 6.20 Å².